The molecule has 0 amide bonds. The summed E-state index contributed by atoms with van der Waals surface area (Å²) in [5.41, 5.74) is 5.96. The molecular formula is C15H20N4. The van der Waals surface area contributed by atoms with Crippen molar-refractivity contribution in [2.45, 2.75) is 33.1 Å². The quantitative estimate of drug-likeness (QED) is 0.652. The third-order valence-electron chi connectivity index (χ3n) is 3.10. The largest absolute Gasteiger partial charge is 0.308 e. The summed E-state index contributed by atoms with van der Waals surface area (Å²) in [6.07, 6.45) is 0.717. The molecule has 0 unspecified atom stereocenters. The Balaban J connectivity index is 2.36. The minimum absolute atomic E-state index is 0.344. The smallest absolute Gasteiger partial charge is 0.147 e. The highest BCUT2D eigenvalue weighted by atomic mass is 15.3. The number of nitrogen functional groups attached to an aromatic ring is 1. The van der Waals surface area contributed by atoms with Crippen LogP contribution in [-0.4, -0.2) is 9.97 Å². The van der Waals surface area contributed by atoms with Crippen LogP contribution in [0.25, 0.3) is 0 Å². The molecule has 2 aromatic rings. The highest BCUT2D eigenvalue weighted by molar-refractivity contribution is 5.47. The molecule has 1 aromatic heterocycles. The zero-order chi connectivity index (χ0) is 13.8. The summed E-state index contributed by atoms with van der Waals surface area (Å²) in [6, 6.07) is 10.2. The van der Waals surface area contributed by atoms with E-state index < -0.39 is 0 Å². The van der Waals surface area contributed by atoms with Crippen molar-refractivity contribution in [1.82, 2.24) is 9.97 Å². The number of aromatic nitrogens is 2. The van der Waals surface area contributed by atoms with E-state index in [2.05, 4.69) is 41.4 Å². The Bertz CT molecular complexity index is 550. The second-order valence-electron chi connectivity index (χ2n) is 4.95. The number of aryl methyl sites for hydroxylation is 1. The molecule has 0 radical (unpaired) electrons. The predicted octanol–water partition coefficient (Wildman–Crippen LogP) is 2.78. The maximum atomic E-state index is 5.58. The Hall–Kier alpha value is -1.94. The Kier molecular flexibility index (Phi) is 4.12. The van der Waals surface area contributed by atoms with Crippen LogP contribution < -0.4 is 11.3 Å². The standard InChI is InChI=1S/C15H20N4/c1-10(2)14-11(3)17-13(18-15(14)19-16)9-12-7-5-4-6-8-12/h4-8,10H,9,16H2,1-3H3,(H,17,18,19). The van der Waals surface area contributed by atoms with Gasteiger partial charge in [0.25, 0.3) is 0 Å². The average Bonchev–Trinajstić information content (AvgIpc) is 2.38. The summed E-state index contributed by atoms with van der Waals surface area (Å²) in [4.78, 5) is 9.11. The lowest BCUT2D eigenvalue weighted by atomic mass is 10.0. The molecule has 4 heteroatoms. The van der Waals surface area contributed by atoms with Gasteiger partial charge in [0.2, 0.25) is 0 Å². The van der Waals surface area contributed by atoms with Crippen LogP contribution in [0.4, 0.5) is 5.82 Å². The van der Waals surface area contributed by atoms with Crippen LogP contribution in [-0.2, 0) is 6.42 Å². The number of anilines is 1. The van der Waals surface area contributed by atoms with Crippen molar-refractivity contribution in [3.63, 3.8) is 0 Å². The van der Waals surface area contributed by atoms with Crippen molar-refractivity contribution in [3.8, 4) is 0 Å². The van der Waals surface area contributed by atoms with Gasteiger partial charge in [-0.3, -0.25) is 0 Å². The molecule has 0 saturated carbocycles. The van der Waals surface area contributed by atoms with E-state index in [4.69, 9.17) is 5.84 Å². The van der Waals surface area contributed by atoms with E-state index in [1.807, 2.05) is 25.1 Å². The molecule has 3 N–H and O–H groups in total. The van der Waals surface area contributed by atoms with Crippen molar-refractivity contribution in [2.75, 3.05) is 5.43 Å². The predicted molar refractivity (Wildman–Crippen MR) is 77.9 cm³/mol. The van der Waals surface area contributed by atoms with Gasteiger partial charge in [-0.2, -0.15) is 0 Å². The molecular weight excluding hydrogens is 236 g/mol. The summed E-state index contributed by atoms with van der Waals surface area (Å²) in [5.74, 6) is 7.45. The van der Waals surface area contributed by atoms with Crippen LogP contribution in [0.3, 0.4) is 0 Å². The third kappa shape index (κ3) is 3.09. The van der Waals surface area contributed by atoms with E-state index in [0.29, 0.717) is 12.3 Å². The summed E-state index contributed by atoms with van der Waals surface area (Å²) < 4.78 is 0. The van der Waals surface area contributed by atoms with Crippen molar-refractivity contribution in [2.24, 2.45) is 5.84 Å². The van der Waals surface area contributed by atoms with Gasteiger partial charge in [-0.1, -0.05) is 44.2 Å². The van der Waals surface area contributed by atoms with Crippen LogP contribution in [0.1, 0.15) is 42.4 Å². The first-order chi connectivity index (χ1) is 9.11. The van der Waals surface area contributed by atoms with Gasteiger partial charge in [0, 0.05) is 17.7 Å². The van der Waals surface area contributed by atoms with Crippen LogP contribution in [0, 0.1) is 6.92 Å². The molecule has 100 valence electrons. The van der Waals surface area contributed by atoms with Crippen LogP contribution in [0.5, 0.6) is 0 Å². The first kappa shape index (κ1) is 13.5. The lowest BCUT2D eigenvalue weighted by Crippen LogP contribution is -2.15. The molecule has 0 aliphatic heterocycles. The first-order valence-corrected chi connectivity index (χ1v) is 6.49. The minimum atomic E-state index is 0.344. The van der Waals surface area contributed by atoms with E-state index in [-0.39, 0.29) is 0 Å². The summed E-state index contributed by atoms with van der Waals surface area (Å²) in [7, 11) is 0. The second-order valence-corrected chi connectivity index (χ2v) is 4.95. The summed E-state index contributed by atoms with van der Waals surface area (Å²) >= 11 is 0. The molecule has 0 spiro atoms. The monoisotopic (exact) mass is 256 g/mol. The van der Waals surface area contributed by atoms with Gasteiger partial charge in [0.05, 0.1) is 0 Å². The average molecular weight is 256 g/mol. The number of nitrogens with two attached hydrogens (primary N) is 1. The molecule has 0 fully saturated rings. The van der Waals surface area contributed by atoms with Gasteiger partial charge in [0.1, 0.15) is 11.6 Å². The molecule has 0 saturated heterocycles. The molecule has 0 aliphatic carbocycles. The molecule has 4 nitrogen and oxygen atoms in total. The van der Waals surface area contributed by atoms with Gasteiger partial charge < -0.3 is 5.43 Å². The number of hydrogen-bond acceptors (Lipinski definition) is 4. The number of hydrogen-bond donors (Lipinski definition) is 2. The molecule has 1 aromatic carbocycles. The second kappa shape index (κ2) is 5.80. The highest BCUT2D eigenvalue weighted by Crippen LogP contribution is 2.25. The van der Waals surface area contributed by atoms with E-state index in [9.17, 15) is 0 Å². The molecule has 2 rings (SSSR count). The molecule has 0 aliphatic rings. The van der Waals surface area contributed by atoms with Crippen molar-refractivity contribution in [3.05, 3.63) is 53.0 Å². The maximum Gasteiger partial charge on any atom is 0.147 e. The maximum absolute atomic E-state index is 5.58. The molecule has 1 heterocycles. The van der Waals surface area contributed by atoms with E-state index in [0.717, 1.165) is 22.9 Å². The van der Waals surface area contributed by atoms with Crippen LogP contribution >= 0.6 is 0 Å². The zero-order valence-corrected chi connectivity index (χ0v) is 11.6. The molecule has 19 heavy (non-hydrogen) atoms. The fourth-order valence-electron chi connectivity index (χ4n) is 2.30. The lowest BCUT2D eigenvalue weighted by molar-refractivity contribution is 0.811. The number of benzene rings is 1. The van der Waals surface area contributed by atoms with E-state index >= 15 is 0 Å². The fraction of sp³-hybridized carbons (Fsp3) is 0.333. The fourth-order valence-corrected chi connectivity index (χ4v) is 2.30. The van der Waals surface area contributed by atoms with E-state index in [1.165, 1.54) is 5.56 Å². The molecule has 0 atom stereocenters. The van der Waals surface area contributed by atoms with Crippen molar-refractivity contribution < 1.29 is 0 Å². The SMILES string of the molecule is Cc1nc(Cc2ccccc2)nc(NN)c1C(C)C. The summed E-state index contributed by atoms with van der Waals surface area (Å²) in [6.45, 7) is 6.24. The topological polar surface area (TPSA) is 63.8 Å². The Labute approximate surface area is 114 Å². The normalized spacial score (nSPS) is 10.8. The van der Waals surface area contributed by atoms with Crippen LogP contribution in [0.2, 0.25) is 0 Å². The molecule has 0 bridgehead atoms. The number of nitrogens with zero attached hydrogens (tertiary/aromatic N) is 2. The van der Waals surface area contributed by atoms with Gasteiger partial charge in [0.15, 0.2) is 0 Å². The highest BCUT2D eigenvalue weighted by Gasteiger charge is 2.14. The number of nitrogens with one attached hydrogen (secondary N) is 1. The summed E-state index contributed by atoms with van der Waals surface area (Å²) in [5, 5.41) is 0. The number of hydrazine groups is 1. The first-order valence-electron chi connectivity index (χ1n) is 6.49. The van der Waals surface area contributed by atoms with Gasteiger partial charge in [-0.05, 0) is 18.4 Å². The Morgan fingerprint density at radius 1 is 1.16 bits per heavy atom. The van der Waals surface area contributed by atoms with Gasteiger partial charge in [-0.15, -0.1) is 0 Å². The lowest BCUT2D eigenvalue weighted by Gasteiger charge is -2.15. The van der Waals surface area contributed by atoms with Crippen molar-refractivity contribution >= 4 is 5.82 Å². The third-order valence-corrected chi connectivity index (χ3v) is 3.10. The zero-order valence-electron chi connectivity index (χ0n) is 11.6. The number of rotatable bonds is 4. The minimum Gasteiger partial charge on any atom is -0.308 e. The van der Waals surface area contributed by atoms with Crippen molar-refractivity contribution in [1.29, 1.82) is 0 Å². The van der Waals surface area contributed by atoms with Crippen LogP contribution in [0.15, 0.2) is 30.3 Å². The van der Waals surface area contributed by atoms with Gasteiger partial charge in [-0.25, -0.2) is 15.8 Å². The van der Waals surface area contributed by atoms with Gasteiger partial charge >= 0.3 is 0 Å². The Morgan fingerprint density at radius 2 is 1.84 bits per heavy atom. The van der Waals surface area contributed by atoms with E-state index in [1.54, 1.807) is 0 Å². The Morgan fingerprint density at radius 3 is 2.42 bits per heavy atom.